The highest BCUT2D eigenvalue weighted by Gasteiger charge is 2.65. The predicted molar refractivity (Wildman–Crippen MR) is 294 cm³/mol. The number of amides is 1. The van der Waals surface area contributed by atoms with E-state index in [1.807, 2.05) is 32.9 Å². The molecule has 0 aromatic heterocycles. The molecule has 83 heavy (non-hydrogen) atoms. The third kappa shape index (κ3) is 12.3. The number of nitrogens with two attached hydrogens (primary N) is 1. The number of ketones is 1. The molecule has 0 unspecified atom stereocenters. The van der Waals surface area contributed by atoms with Gasteiger partial charge in [-0.2, -0.15) is 0 Å². The molecule has 9 rings (SSSR count). The van der Waals surface area contributed by atoms with Gasteiger partial charge in [0.25, 0.3) is 0 Å². The lowest BCUT2D eigenvalue weighted by Crippen LogP contribution is -2.66. The predicted octanol–water partition coefficient (Wildman–Crippen LogP) is 5.13. The average Bonchev–Trinajstić information content (AvgIpc) is 1.88. The number of aliphatic hydroxyl groups excluding tert-OH is 4. The number of carbonyl (C=O) groups excluding carboxylic acids is 5. The van der Waals surface area contributed by atoms with Crippen LogP contribution in [0.25, 0.3) is 0 Å². The van der Waals surface area contributed by atoms with Crippen molar-refractivity contribution in [3.8, 4) is 0 Å². The standard InChI is InChI=1S/C61H88N2O20/c1-27-13-16-42(79-48-25-59(10,62)54(34(8)77-48)63-58(72)73-12)28(2)20-39-40(66)21-36(26-64)24-61(39)56(70)49(57(71)83-61)55(69)60(11)38(27)15-14-37-50(60)29(3)19-30(4)52(37)82-47-23-44(53(33(7)76-47)78-35(9)65)81-45-18-17-43(31(5)74-45)80-46-22-41(67)51(68)32(6)75-46/h13-15,20-21,26,29-34,37-48,50-54,66-69H,16-19,22-25,62H2,1-12H3,(H,63,72)/b27-13+,28-20+,55-49?/t29-,30-,31-,32-,33-,34+,37-,38-,39+,40-,41+,42-,43+,44+,45-,46+,47-,48-,50+,51-,52-,53-,54-,59-,60+,61-/m0/s1. The summed E-state index contributed by atoms with van der Waals surface area (Å²) in [4.78, 5) is 67.6. The number of Topliss-reactive ketones (excluding diaryl/α,β-unsaturated/α-hetero) is 1. The maximum absolute atomic E-state index is 15.5. The van der Waals surface area contributed by atoms with Crippen molar-refractivity contribution in [3.05, 3.63) is 58.4 Å². The number of hydrogen-bond donors (Lipinski definition) is 6. The van der Waals surface area contributed by atoms with Gasteiger partial charge in [0, 0.05) is 61.8 Å². The second-order valence-corrected chi connectivity index (χ2v) is 25.6. The van der Waals surface area contributed by atoms with Crippen LogP contribution in [0.5, 0.6) is 0 Å². The first-order chi connectivity index (χ1) is 39.1. The van der Waals surface area contributed by atoms with Gasteiger partial charge >= 0.3 is 18.0 Å². The van der Waals surface area contributed by atoms with Crippen molar-refractivity contribution in [2.24, 2.45) is 46.7 Å². The topological polar surface area (TPSA) is 306 Å². The number of esters is 2. The number of methoxy groups -OCH3 is 1. The van der Waals surface area contributed by atoms with Gasteiger partial charge in [-0.3, -0.25) is 14.4 Å². The molecule has 1 saturated carbocycles. The molecule has 1 spiro atoms. The molecule has 0 aromatic carbocycles. The Labute approximate surface area is 485 Å². The normalized spacial score (nSPS) is 47.9. The van der Waals surface area contributed by atoms with Gasteiger partial charge in [0.05, 0.1) is 74.0 Å². The lowest BCUT2D eigenvalue weighted by atomic mass is 9.49. The Hall–Kier alpha value is -4.43. The van der Waals surface area contributed by atoms with Crippen LogP contribution in [0.1, 0.15) is 128 Å². The fraction of sp³-hybridized carbons (Fsp3) is 0.754. The summed E-state index contributed by atoms with van der Waals surface area (Å²) in [7, 11) is 1.26. The third-order valence-corrected chi connectivity index (χ3v) is 19.5. The number of aldehydes is 1. The van der Waals surface area contributed by atoms with Crippen molar-refractivity contribution in [1.29, 1.82) is 0 Å². The fourth-order valence-corrected chi connectivity index (χ4v) is 15.4. The van der Waals surface area contributed by atoms with Crippen LogP contribution in [0.3, 0.4) is 0 Å². The molecule has 0 aromatic rings. The molecule has 6 fully saturated rings. The minimum atomic E-state index is -2.12. The Kier molecular flexibility index (Phi) is 18.8. The Balaban J connectivity index is 1.02. The highest BCUT2D eigenvalue weighted by atomic mass is 16.7. The minimum absolute atomic E-state index is 0.0492. The van der Waals surface area contributed by atoms with Crippen LogP contribution in [-0.2, 0) is 71.3 Å². The first kappa shape index (κ1) is 63.1. The molecule has 5 aliphatic heterocycles. The van der Waals surface area contributed by atoms with E-state index in [4.69, 9.17) is 57.8 Å². The summed E-state index contributed by atoms with van der Waals surface area (Å²) >= 11 is 0. The summed E-state index contributed by atoms with van der Waals surface area (Å²) in [5.74, 6) is -5.89. The van der Waals surface area contributed by atoms with Crippen LogP contribution in [0.2, 0.25) is 0 Å². The van der Waals surface area contributed by atoms with E-state index in [0.29, 0.717) is 31.1 Å². The monoisotopic (exact) mass is 1170 g/mol. The fourth-order valence-electron chi connectivity index (χ4n) is 15.4. The molecule has 5 heterocycles. The lowest BCUT2D eigenvalue weighted by Gasteiger charge is -2.56. The third-order valence-electron chi connectivity index (χ3n) is 19.5. The summed E-state index contributed by atoms with van der Waals surface area (Å²) in [5, 5.41) is 48.5. The minimum Gasteiger partial charge on any atom is -0.511 e. The average molecular weight is 1170 g/mol. The molecule has 2 bridgehead atoms. The largest absolute Gasteiger partial charge is 0.511 e. The van der Waals surface area contributed by atoms with Gasteiger partial charge in [0.2, 0.25) is 5.78 Å². The van der Waals surface area contributed by atoms with Crippen LogP contribution in [0.4, 0.5) is 4.79 Å². The van der Waals surface area contributed by atoms with Crippen molar-refractivity contribution < 1.29 is 96.5 Å². The number of alkyl carbamates (subject to hydrolysis) is 1. The summed E-state index contributed by atoms with van der Waals surface area (Å²) < 4.78 is 69.0. The van der Waals surface area contributed by atoms with Crippen LogP contribution in [0, 0.1) is 40.9 Å². The van der Waals surface area contributed by atoms with Gasteiger partial charge in [-0.1, -0.05) is 50.6 Å². The molecular formula is C61H88N2O20. The Morgan fingerprint density at radius 3 is 2.12 bits per heavy atom. The van der Waals surface area contributed by atoms with Crippen LogP contribution in [0.15, 0.2) is 58.4 Å². The van der Waals surface area contributed by atoms with Crippen LogP contribution < -0.4 is 11.1 Å². The molecule has 22 heteroatoms. The molecule has 9 aliphatic rings. The number of allylic oxidation sites excluding steroid dienone is 3. The number of carbonyl (C=O) groups is 5. The molecule has 26 atom stereocenters. The second-order valence-electron chi connectivity index (χ2n) is 25.6. The summed E-state index contributed by atoms with van der Waals surface area (Å²) in [6.07, 6.45) is -1.57. The lowest BCUT2D eigenvalue weighted by molar-refractivity contribution is -0.323. The van der Waals surface area contributed by atoms with Gasteiger partial charge in [-0.05, 0) is 103 Å². The zero-order valence-corrected chi connectivity index (χ0v) is 49.8. The van der Waals surface area contributed by atoms with Gasteiger partial charge in [-0.15, -0.1) is 0 Å². The molecule has 5 saturated heterocycles. The highest BCUT2D eigenvalue weighted by Crippen LogP contribution is 2.61. The van der Waals surface area contributed by atoms with Crippen molar-refractivity contribution >= 4 is 30.1 Å². The van der Waals surface area contributed by atoms with Crippen molar-refractivity contribution in [2.75, 3.05) is 7.11 Å². The molecule has 7 N–H and O–H groups in total. The number of hydrogen-bond acceptors (Lipinski definition) is 21. The van der Waals surface area contributed by atoms with E-state index in [1.54, 1.807) is 40.7 Å². The maximum atomic E-state index is 15.5. The number of fused-ring (bicyclic) bond motifs is 4. The molecule has 4 aliphatic carbocycles. The van der Waals surface area contributed by atoms with E-state index in [2.05, 4.69) is 25.2 Å². The van der Waals surface area contributed by atoms with E-state index in [9.17, 15) is 39.6 Å². The number of ether oxygens (including phenoxy) is 11. The quantitative estimate of drug-likeness (QED) is 0.0513. The number of aliphatic hydroxyl groups is 4. The van der Waals surface area contributed by atoms with Gasteiger partial charge in [-0.25, -0.2) is 9.59 Å². The highest BCUT2D eigenvalue weighted by molar-refractivity contribution is 6.26. The van der Waals surface area contributed by atoms with Crippen LogP contribution in [-0.4, -0.2) is 173 Å². The van der Waals surface area contributed by atoms with E-state index in [-0.39, 0.29) is 49.5 Å². The molecule has 462 valence electrons. The summed E-state index contributed by atoms with van der Waals surface area (Å²) in [6.45, 7) is 20.0. The van der Waals surface area contributed by atoms with Crippen molar-refractivity contribution in [1.82, 2.24) is 5.32 Å². The Morgan fingerprint density at radius 1 is 0.783 bits per heavy atom. The van der Waals surface area contributed by atoms with E-state index in [1.165, 1.54) is 20.1 Å². The van der Waals surface area contributed by atoms with E-state index < -0.39 is 180 Å². The Morgan fingerprint density at radius 2 is 1.46 bits per heavy atom. The molecule has 22 nitrogen and oxygen atoms in total. The zero-order chi connectivity index (χ0) is 60.4. The Bertz CT molecular complexity index is 2610. The van der Waals surface area contributed by atoms with Crippen molar-refractivity contribution in [2.45, 2.75) is 243 Å². The van der Waals surface area contributed by atoms with Gasteiger partial charge in [0.1, 0.15) is 29.8 Å². The zero-order valence-electron chi connectivity index (χ0n) is 49.8. The molecule has 1 amide bonds. The van der Waals surface area contributed by atoms with E-state index in [0.717, 1.165) is 5.57 Å². The number of rotatable bonds is 11. The smallest absolute Gasteiger partial charge is 0.407 e. The van der Waals surface area contributed by atoms with Gasteiger partial charge < -0.3 is 83.6 Å². The molecule has 0 radical (unpaired) electrons. The first-order valence-electron chi connectivity index (χ1n) is 29.6. The van der Waals surface area contributed by atoms with Crippen molar-refractivity contribution in [3.63, 3.8) is 0 Å². The second kappa shape index (κ2) is 24.7. The molecular weight excluding hydrogens is 1080 g/mol. The van der Waals surface area contributed by atoms with Crippen LogP contribution >= 0.6 is 0 Å². The SMILES string of the molecule is COC(=O)N[C@H]1[C@@H](C)O[C@@H](O[C@H]2C/C=C(\C)[C@@H]3C=C[C@@H]4[C@@H](O[C@H]5C[C@@H](O[C@H]6CC[C@@H](O[C@@H]7C[C@@H](O)[C@@H](O)[C@H](C)O7)[C@H](C)O6)[C@@H](OC(C)=O)[C@H](C)O5)[C@@H](C)C[C@H](C)[C@H]4[C@]3(C)C(O)=C3C(=O)O[C@]4(CC(C=O)=C[C@H](O)[C@H]4/C=C/2C)C3=O)C[C@]1(C)N. The maximum Gasteiger partial charge on any atom is 0.407 e. The van der Waals surface area contributed by atoms with E-state index >= 15 is 4.79 Å². The summed E-state index contributed by atoms with van der Waals surface area (Å²) in [6, 6.07) is -0.633. The number of nitrogens with one attached hydrogen (secondary N) is 1. The van der Waals surface area contributed by atoms with Gasteiger partial charge in [0.15, 0.2) is 36.9 Å². The first-order valence-corrected chi connectivity index (χ1v) is 29.6. The summed E-state index contributed by atoms with van der Waals surface area (Å²) in [5.41, 5.74) is 3.20.